The number of nitrogens with one attached hydrogen (secondary N) is 3. The van der Waals surface area contributed by atoms with E-state index in [4.69, 9.17) is 9.47 Å². The second kappa shape index (κ2) is 38.0. The molecule has 0 aliphatic rings. The standard InChI is InChI=1S/C50H99N3O5/c1-9-12-14-16-18-20-22-24-26-27-29-31-33-35-37-39-41-52-48(56)58-45(46(54)53-50(7,8)49(5,6)42-44(4)11-3)43-57-47(55)51-40-38-36-34-32-30-28-25-23-21-19-17-15-13-10-2/h44-45H,9-43H2,1-8H3,(H,51,55)(H,52,56)(H,53,54). The predicted molar refractivity (Wildman–Crippen MR) is 248 cm³/mol. The molecule has 0 aromatic heterocycles. The molecular weight excluding hydrogens is 723 g/mol. The fraction of sp³-hybridized carbons (Fsp3) is 0.940. The minimum Gasteiger partial charge on any atom is -0.445 e. The summed E-state index contributed by atoms with van der Waals surface area (Å²) in [5, 5.41) is 8.76. The molecule has 0 aromatic carbocycles. The number of unbranched alkanes of at least 4 members (excludes halogenated alkanes) is 28. The monoisotopic (exact) mass is 822 g/mol. The van der Waals surface area contributed by atoms with E-state index in [9.17, 15) is 14.4 Å². The molecule has 0 spiro atoms. The molecule has 0 aliphatic heterocycles. The Balaban J connectivity index is 4.53. The maximum Gasteiger partial charge on any atom is 0.408 e. The topological polar surface area (TPSA) is 106 Å². The van der Waals surface area contributed by atoms with Gasteiger partial charge in [-0.2, -0.15) is 0 Å². The van der Waals surface area contributed by atoms with Crippen molar-refractivity contribution in [2.45, 2.75) is 272 Å². The van der Waals surface area contributed by atoms with Gasteiger partial charge in [-0.1, -0.05) is 228 Å². The van der Waals surface area contributed by atoms with E-state index >= 15 is 0 Å². The first-order valence-electron chi connectivity index (χ1n) is 25.1. The van der Waals surface area contributed by atoms with Crippen molar-refractivity contribution in [2.75, 3.05) is 19.7 Å². The number of amides is 3. The quantitative estimate of drug-likeness (QED) is 0.0533. The predicted octanol–water partition coefficient (Wildman–Crippen LogP) is 14.9. The van der Waals surface area contributed by atoms with Crippen LogP contribution in [0.25, 0.3) is 0 Å². The lowest BCUT2D eigenvalue weighted by atomic mass is 9.69. The molecule has 0 rings (SSSR count). The average Bonchev–Trinajstić information content (AvgIpc) is 3.18. The molecule has 3 N–H and O–H groups in total. The van der Waals surface area contributed by atoms with Gasteiger partial charge in [0.05, 0.1) is 0 Å². The Hall–Kier alpha value is -1.99. The van der Waals surface area contributed by atoms with Gasteiger partial charge in [0.1, 0.15) is 6.61 Å². The third kappa shape index (κ3) is 32.8. The molecule has 58 heavy (non-hydrogen) atoms. The molecular formula is C50H99N3O5. The highest BCUT2D eigenvalue weighted by molar-refractivity contribution is 5.84. The van der Waals surface area contributed by atoms with Crippen molar-refractivity contribution in [3.05, 3.63) is 0 Å². The summed E-state index contributed by atoms with van der Waals surface area (Å²) in [6, 6.07) is 0. The van der Waals surface area contributed by atoms with E-state index < -0.39 is 29.7 Å². The van der Waals surface area contributed by atoms with Gasteiger partial charge in [0.2, 0.25) is 6.10 Å². The highest BCUT2D eigenvalue weighted by atomic mass is 16.6. The molecule has 2 atom stereocenters. The largest absolute Gasteiger partial charge is 0.445 e. The number of ether oxygens (including phenoxy) is 2. The van der Waals surface area contributed by atoms with E-state index in [-0.39, 0.29) is 12.0 Å². The SMILES string of the molecule is CCCCCCCCCCCCCCCCCCNC(=O)OC(COC(=O)NCCCCCCCCCCCCCCCC)C(=O)NC(C)(C)C(C)(C)CC(C)CC. The molecule has 0 aliphatic carbocycles. The van der Waals surface area contributed by atoms with Crippen molar-refractivity contribution in [1.29, 1.82) is 0 Å². The van der Waals surface area contributed by atoms with Gasteiger partial charge in [-0.15, -0.1) is 0 Å². The Bertz CT molecular complexity index is 971. The molecule has 0 aromatic rings. The van der Waals surface area contributed by atoms with Crippen LogP contribution in [-0.2, 0) is 14.3 Å². The van der Waals surface area contributed by atoms with Gasteiger partial charge >= 0.3 is 12.2 Å². The molecule has 2 unspecified atom stereocenters. The first kappa shape index (κ1) is 56.0. The van der Waals surface area contributed by atoms with Crippen molar-refractivity contribution in [1.82, 2.24) is 16.0 Å². The normalized spacial score (nSPS) is 12.9. The zero-order valence-electron chi connectivity index (χ0n) is 39.9. The van der Waals surface area contributed by atoms with Gasteiger partial charge in [0.25, 0.3) is 5.91 Å². The van der Waals surface area contributed by atoms with Gasteiger partial charge < -0.3 is 25.4 Å². The van der Waals surface area contributed by atoms with Gasteiger partial charge in [-0.25, -0.2) is 9.59 Å². The van der Waals surface area contributed by atoms with Gasteiger partial charge in [0.15, 0.2) is 0 Å². The number of alkyl carbamates (subject to hydrolysis) is 2. The Kier molecular flexibility index (Phi) is 36.7. The van der Waals surface area contributed by atoms with E-state index in [0.717, 1.165) is 44.9 Å². The van der Waals surface area contributed by atoms with Gasteiger partial charge in [-0.05, 0) is 44.4 Å². The fourth-order valence-electron chi connectivity index (χ4n) is 7.74. The van der Waals surface area contributed by atoms with Crippen LogP contribution in [0.4, 0.5) is 9.59 Å². The molecule has 0 saturated carbocycles. The zero-order valence-corrected chi connectivity index (χ0v) is 39.9. The summed E-state index contributed by atoms with van der Waals surface area (Å²) in [5.41, 5.74) is -0.806. The van der Waals surface area contributed by atoms with Crippen molar-refractivity contribution < 1.29 is 23.9 Å². The summed E-state index contributed by atoms with van der Waals surface area (Å²) >= 11 is 0. The summed E-state index contributed by atoms with van der Waals surface area (Å²) in [6.07, 6.45) is 38.1. The average molecular weight is 822 g/mol. The van der Waals surface area contributed by atoms with E-state index in [1.165, 1.54) is 161 Å². The van der Waals surface area contributed by atoms with Crippen molar-refractivity contribution in [2.24, 2.45) is 11.3 Å². The molecule has 0 bridgehead atoms. The maximum absolute atomic E-state index is 13.6. The van der Waals surface area contributed by atoms with Crippen LogP contribution in [0.2, 0.25) is 0 Å². The molecule has 8 heteroatoms. The smallest absolute Gasteiger partial charge is 0.408 e. The lowest BCUT2D eigenvalue weighted by Gasteiger charge is -2.44. The van der Waals surface area contributed by atoms with Crippen LogP contribution in [0.3, 0.4) is 0 Å². The van der Waals surface area contributed by atoms with Crippen molar-refractivity contribution >= 4 is 18.1 Å². The molecule has 3 amide bonds. The number of hydrogen-bond donors (Lipinski definition) is 3. The van der Waals surface area contributed by atoms with Gasteiger partial charge in [-0.3, -0.25) is 4.79 Å². The van der Waals surface area contributed by atoms with Crippen LogP contribution >= 0.6 is 0 Å². The molecule has 0 fully saturated rings. The second-order valence-electron chi connectivity index (χ2n) is 19.0. The van der Waals surface area contributed by atoms with Crippen molar-refractivity contribution in [3.63, 3.8) is 0 Å². The van der Waals surface area contributed by atoms with Crippen LogP contribution in [0.1, 0.15) is 261 Å². The van der Waals surface area contributed by atoms with E-state index in [0.29, 0.717) is 19.0 Å². The lowest BCUT2D eigenvalue weighted by Crippen LogP contribution is -2.58. The Morgan fingerprint density at radius 2 is 0.810 bits per heavy atom. The minimum atomic E-state index is -1.25. The number of carbonyl (C=O) groups is 3. The van der Waals surface area contributed by atoms with E-state index in [2.05, 4.69) is 57.5 Å². The molecule has 0 radical (unpaired) electrons. The summed E-state index contributed by atoms with van der Waals surface area (Å²) in [6.45, 7) is 17.9. The molecule has 344 valence electrons. The Morgan fingerprint density at radius 1 is 0.483 bits per heavy atom. The number of hydrogen-bond acceptors (Lipinski definition) is 5. The first-order valence-corrected chi connectivity index (χ1v) is 25.1. The maximum atomic E-state index is 13.6. The van der Waals surface area contributed by atoms with Crippen LogP contribution < -0.4 is 16.0 Å². The highest BCUT2D eigenvalue weighted by Gasteiger charge is 2.40. The molecule has 0 saturated heterocycles. The summed E-state index contributed by atoms with van der Waals surface area (Å²) in [4.78, 5) is 39.1. The molecule has 0 heterocycles. The fourth-order valence-corrected chi connectivity index (χ4v) is 7.74. The Labute approximate surface area is 360 Å². The van der Waals surface area contributed by atoms with Crippen LogP contribution in [0.5, 0.6) is 0 Å². The van der Waals surface area contributed by atoms with Gasteiger partial charge in [0, 0.05) is 18.6 Å². The van der Waals surface area contributed by atoms with E-state index in [1.807, 2.05) is 13.8 Å². The van der Waals surface area contributed by atoms with E-state index in [1.54, 1.807) is 0 Å². The molecule has 8 nitrogen and oxygen atoms in total. The first-order chi connectivity index (χ1) is 27.9. The number of carbonyl (C=O) groups excluding carboxylic acids is 3. The van der Waals surface area contributed by atoms with Crippen LogP contribution in [0.15, 0.2) is 0 Å². The van der Waals surface area contributed by atoms with Crippen molar-refractivity contribution in [3.8, 4) is 0 Å². The highest BCUT2D eigenvalue weighted by Crippen LogP contribution is 2.37. The lowest BCUT2D eigenvalue weighted by molar-refractivity contribution is -0.134. The van der Waals surface area contributed by atoms with Crippen LogP contribution in [-0.4, -0.2) is 49.4 Å². The summed E-state index contributed by atoms with van der Waals surface area (Å²) in [5.74, 6) is 0.0415. The van der Waals surface area contributed by atoms with Crippen LogP contribution in [0, 0.1) is 11.3 Å². The summed E-state index contributed by atoms with van der Waals surface area (Å²) < 4.78 is 11.1. The minimum absolute atomic E-state index is 0.218. The Morgan fingerprint density at radius 3 is 1.16 bits per heavy atom. The third-order valence-electron chi connectivity index (χ3n) is 12.7. The second-order valence-corrected chi connectivity index (χ2v) is 19.0. The summed E-state index contributed by atoms with van der Waals surface area (Å²) in [7, 11) is 0. The third-order valence-corrected chi connectivity index (χ3v) is 12.7. The number of rotatable bonds is 41. The zero-order chi connectivity index (χ0) is 43.2.